The van der Waals surface area contributed by atoms with Gasteiger partial charge in [-0.15, -0.1) is 0 Å². The molecule has 0 aliphatic rings. The van der Waals surface area contributed by atoms with E-state index < -0.39 is 0 Å². The molecule has 0 aliphatic carbocycles. The fourth-order valence-electron chi connectivity index (χ4n) is 1.97. The maximum Gasteiger partial charge on any atom is 0.109 e. The molecular weight excluding hydrogens is 246 g/mol. The van der Waals surface area contributed by atoms with Crippen molar-refractivity contribution < 1.29 is 0 Å². The van der Waals surface area contributed by atoms with Gasteiger partial charge in [0.25, 0.3) is 0 Å². The van der Waals surface area contributed by atoms with Crippen LogP contribution in [0.15, 0.2) is 36.7 Å². The van der Waals surface area contributed by atoms with E-state index in [0.29, 0.717) is 0 Å². The fourth-order valence-corrected chi connectivity index (χ4v) is 2.27. The molecule has 0 spiro atoms. The molecule has 0 unspecified atom stereocenters. The fraction of sp³-hybridized carbons (Fsp3) is 0.357. The van der Waals surface area contributed by atoms with E-state index in [1.54, 1.807) is 0 Å². The Morgan fingerprint density at radius 2 is 2.17 bits per heavy atom. The minimum Gasteiger partial charge on any atom is -0.338 e. The number of aryl methyl sites for hydroxylation is 1. The van der Waals surface area contributed by atoms with E-state index in [1.165, 1.54) is 0 Å². The highest BCUT2D eigenvalue weighted by molar-refractivity contribution is 6.31. The average Bonchev–Trinajstić information content (AvgIpc) is 2.75. The lowest BCUT2D eigenvalue weighted by Crippen LogP contribution is -2.22. The molecule has 1 atom stereocenters. The summed E-state index contributed by atoms with van der Waals surface area (Å²) in [6.07, 6.45) is 4.71. The molecule has 3 nitrogen and oxygen atoms in total. The summed E-state index contributed by atoms with van der Waals surface area (Å²) in [5.41, 5.74) is 1.14. The first-order chi connectivity index (χ1) is 8.68. The van der Waals surface area contributed by atoms with Crippen molar-refractivity contribution in [2.45, 2.75) is 19.4 Å². The van der Waals surface area contributed by atoms with Gasteiger partial charge in [0.2, 0.25) is 0 Å². The smallest absolute Gasteiger partial charge is 0.109 e. The average molecular weight is 264 g/mol. The molecular formula is C14H18ClN3. The summed E-state index contributed by atoms with van der Waals surface area (Å²) in [5.74, 6) is 1.09. The van der Waals surface area contributed by atoms with Crippen molar-refractivity contribution >= 4 is 11.6 Å². The van der Waals surface area contributed by atoms with Crippen LogP contribution < -0.4 is 5.32 Å². The summed E-state index contributed by atoms with van der Waals surface area (Å²) in [6, 6.07) is 8.19. The first kappa shape index (κ1) is 13.1. The highest BCUT2D eigenvalue weighted by Gasteiger charge is 2.08. The summed E-state index contributed by atoms with van der Waals surface area (Å²) < 4.78 is 2.04. The van der Waals surface area contributed by atoms with Gasteiger partial charge >= 0.3 is 0 Å². The zero-order valence-electron chi connectivity index (χ0n) is 10.7. The molecule has 0 saturated carbocycles. The van der Waals surface area contributed by atoms with Crippen molar-refractivity contribution in [3.8, 4) is 0 Å². The number of aromatic nitrogens is 2. The maximum absolute atomic E-state index is 6.17. The van der Waals surface area contributed by atoms with Crippen LogP contribution in [-0.4, -0.2) is 16.1 Å². The molecule has 2 rings (SSSR count). The summed E-state index contributed by atoms with van der Waals surface area (Å²) in [7, 11) is 2.01. The molecule has 0 saturated heterocycles. The van der Waals surface area contributed by atoms with E-state index >= 15 is 0 Å². The number of hydrogen-bond donors (Lipinski definition) is 1. The highest BCUT2D eigenvalue weighted by atomic mass is 35.5. The van der Waals surface area contributed by atoms with Crippen molar-refractivity contribution in [3.63, 3.8) is 0 Å². The van der Waals surface area contributed by atoms with Gasteiger partial charge < -0.3 is 9.88 Å². The van der Waals surface area contributed by atoms with Gasteiger partial charge in [0.15, 0.2) is 0 Å². The summed E-state index contributed by atoms with van der Waals surface area (Å²) in [6.45, 7) is 3.01. The second kappa shape index (κ2) is 6.03. The number of imidazole rings is 1. The molecule has 1 aromatic carbocycles. The molecule has 0 bridgehead atoms. The SMILES string of the molecule is C[C@@H](NCCc1nccn1C)c1ccccc1Cl. The molecule has 0 radical (unpaired) electrons. The van der Waals surface area contributed by atoms with E-state index in [9.17, 15) is 0 Å². The van der Waals surface area contributed by atoms with Crippen LogP contribution in [0.25, 0.3) is 0 Å². The lowest BCUT2D eigenvalue weighted by Gasteiger charge is -2.15. The van der Waals surface area contributed by atoms with Gasteiger partial charge in [-0.1, -0.05) is 29.8 Å². The molecule has 96 valence electrons. The summed E-state index contributed by atoms with van der Waals surface area (Å²) in [4.78, 5) is 4.30. The van der Waals surface area contributed by atoms with Gasteiger partial charge in [-0.3, -0.25) is 0 Å². The number of rotatable bonds is 5. The van der Waals surface area contributed by atoms with Crippen molar-refractivity contribution in [1.82, 2.24) is 14.9 Å². The molecule has 4 heteroatoms. The van der Waals surface area contributed by atoms with E-state index in [0.717, 1.165) is 29.4 Å². The molecule has 18 heavy (non-hydrogen) atoms. The third kappa shape index (κ3) is 3.12. The molecule has 0 aliphatic heterocycles. The zero-order chi connectivity index (χ0) is 13.0. The summed E-state index contributed by atoms with van der Waals surface area (Å²) >= 11 is 6.17. The van der Waals surface area contributed by atoms with E-state index in [2.05, 4.69) is 23.3 Å². The van der Waals surface area contributed by atoms with Crippen molar-refractivity contribution in [2.75, 3.05) is 6.54 Å². The minimum atomic E-state index is 0.249. The predicted octanol–water partition coefficient (Wildman–Crippen LogP) is 2.97. The zero-order valence-corrected chi connectivity index (χ0v) is 11.5. The molecule has 0 fully saturated rings. The van der Waals surface area contributed by atoms with Gasteiger partial charge in [0, 0.05) is 43.5 Å². The lowest BCUT2D eigenvalue weighted by molar-refractivity contribution is 0.565. The number of nitrogens with zero attached hydrogens (tertiary/aromatic N) is 2. The van der Waals surface area contributed by atoms with Gasteiger partial charge in [-0.05, 0) is 18.6 Å². The van der Waals surface area contributed by atoms with Crippen LogP contribution in [0, 0.1) is 0 Å². The van der Waals surface area contributed by atoms with Crippen LogP contribution in [0.4, 0.5) is 0 Å². The Bertz CT molecular complexity index is 507. The maximum atomic E-state index is 6.17. The first-order valence-corrected chi connectivity index (χ1v) is 6.50. The topological polar surface area (TPSA) is 29.9 Å². The molecule has 2 aromatic rings. The number of nitrogens with one attached hydrogen (secondary N) is 1. The van der Waals surface area contributed by atoms with Gasteiger partial charge in [-0.2, -0.15) is 0 Å². The quantitative estimate of drug-likeness (QED) is 0.899. The minimum absolute atomic E-state index is 0.249. The van der Waals surface area contributed by atoms with Crippen LogP contribution in [-0.2, 0) is 13.5 Å². The number of halogens is 1. The normalized spacial score (nSPS) is 12.6. The van der Waals surface area contributed by atoms with Gasteiger partial charge in [-0.25, -0.2) is 4.98 Å². The Labute approximate surface area is 113 Å². The lowest BCUT2D eigenvalue weighted by atomic mass is 10.1. The molecule has 0 amide bonds. The Hall–Kier alpha value is -1.32. The second-order valence-corrected chi connectivity index (χ2v) is 4.81. The van der Waals surface area contributed by atoms with Crippen LogP contribution in [0.1, 0.15) is 24.4 Å². The second-order valence-electron chi connectivity index (χ2n) is 4.40. The number of hydrogen-bond acceptors (Lipinski definition) is 2. The molecule has 1 aromatic heterocycles. The van der Waals surface area contributed by atoms with Crippen molar-refractivity contribution in [2.24, 2.45) is 7.05 Å². The van der Waals surface area contributed by atoms with Crippen LogP contribution in [0.3, 0.4) is 0 Å². The molecule has 1 heterocycles. The Morgan fingerprint density at radius 3 is 2.83 bits per heavy atom. The third-order valence-corrected chi connectivity index (χ3v) is 3.44. The van der Waals surface area contributed by atoms with E-state index in [1.807, 2.05) is 42.2 Å². The van der Waals surface area contributed by atoms with Crippen LogP contribution in [0.5, 0.6) is 0 Å². The Balaban J connectivity index is 1.87. The highest BCUT2D eigenvalue weighted by Crippen LogP contribution is 2.21. The Morgan fingerprint density at radius 1 is 1.39 bits per heavy atom. The van der Waals surface area contributed by atoms with Crippen molar-refractivity contribution in [1.29, 1.82) is 0 Å². The molecule has 1 N–H and O–H groups in total. The van der Waals surface area contributed by atoms with Crippen molar-refractivity contribution in [3.05, 3.63) is 53.1 Å². The van der Waals surface area contributed by atoms with Crippen LogP contribution in [0.2, 0.25) is 5.02 Å². The standard InChI is InChI=1S/C14H18ClN3/c1-11(12-5-3-4-6-13(12)15)16-8-7-14-17-9-10-18(14)2/h3-6,9-11,16H,7-8H2,1-2H3/t11-/m1/s1. The predicted molar refractivity (Wildman–Crippen MR) is 74.8 cm³/mol. The summed E-state index contributed by atoms with van der Waals surface area (Å²) in [5, 5.41) is 4.28. The van der Waals surface area contributed by atoms with E-state index in [-0.39, 0.29) is 6.04 Å². The first-order valence-electron chi connectivity index (χ1n) is 6.12. The van der Waals surface area contributed by atoms with E-state index in [4.69, 9.17) is 11.6 Å². The van der Waals surface area contributed by atoms with Gasteiger partial charge in [0.05, 0.1) is 0 Å². The monoisotopic (exact) mass is 263 g/mol. The number of benzene rings is 1. The van der Waals surface area contributed by atoms with Gasteiger partial charge in [0.1, 0.15) is 5.82 Å². The largest absolute Gasteiger partial charge is 0.338 e. The van der Waals surface area contributed by atoms with Crippen LogP contribution >= 0.6 is 11.6 Å². The third-order valence-electron chi connectivity index (χ3n) is 3.09. The Kier molecular flexibility index (Phi) is 4.39.